The Hall–Kier alpha value is 0. The van der Waals surface area contributed by atoms with Crippen LogP contribution in [0.5, 0.6) is 0 Å². The van der Waals surface area contributed by atoms with Gasteiger partial charge in [0.05, 0.1) is 0 Å². The maximum absolute atomic E-state index is 2.47. The molecule has 2 unspecified atom stereocenters. The van der Waals surface area contributed by atoms with Crippen LogP contribution < -0.4 is 0 Å². The Morgan fingerprint density at radius 1 is 0.750 bits per heavy atom. The molecule has 0 rings (SSSR count). The fourth-order valence-corrected chi connectivity index (χ4v) is 2.81. The summed E-state index contributed by atoms with van der Waals surface area (Å²) >= 11 is 0. The molecule has 0 nitrogen and oxygen atoms in total. The minimum atomic E-state index is 0.861. The van der Waals surface area contributed by atoms with Crippen molar-refractivity contribution < 1.29 is 0 Å². The van der Waals surface area contributed by atoms with Gasteiger partial charge >= 0.3 is 0 Å². The first kappa shape index (κ1) is 16.0. The quantitative estimate of drug-likeness (QED) is 0.458. The van der Waals surface area contributed by atoms with E-state index in [2.05, 4.69) is 41.5 Å². The van der Waals surface area contributed by atoms with Crippen LogP contribution in [0.1, 0.15) is 80.1 Å². The topological polar surface area (TPSA) is 0 Å². The molecule has 0 bridgehead atoms. The lowest BCUT2D eigenvalue weighted by Gasteiger charge is -2.25. The predicted molar refractivity (Wildman–Crippen MR) is 75.7 cm³/mol. The highest BCUT2D eigenvalue weighted by molar-refractivity contribution is 4.68. The van der Waals surface area contributed by atoms with Gasteiger partial charge in [-0.3, -0.25) is 0 Å². The van der Waals surface area contributed by atoms with Crippen molar-refractivity contribution in [2.24, 2.45) is 23.7 Å². The van der Waals surface area contributed by atoms with Crippen LogP contribution in [0.4, 0.5) is 0 Å². The Bertz CT molecular complexity index is 146. The lowest BCUT2D eigenvalue weighted by Crippen LogP contribution is -2.14. The summed E-state index contributed by atoms with van der Waals surface area (Å²) in [7, 11) is 0. The molecule has 0 heteroatoms. The second kappa shape index (κ2) is 9.07. The van der Waals surface area contributed by atoms with E-state index in [4.69, 9.17) is 0 Å². The molecule has 2 atom stereocenters. The van der Waals surface area contributed by atoms with Gasteiger partial charge in [0.2, 0.25) is 0 Å². The van der Waals surface area contributed by atoms with E-state index in [9.17, 15) is 0 Å². The molecule has 0 fully saturated rings. The SMILES string of the molecule is CCCC(CCCC(C)C)C(C)CC(C)C. The van der Waals surface area contributed by atoms with Gasteiger partial charge in [-0.25, -0.2) is 0 Å². The molecule has 98 valence electrons. The fraction of sp³-hybridized carbons (Fsp3) is 1.00. The predicted octanol–water partition coefficient (Wildman–Crippen LogP) is 5.91. The zero-order chi connectivity index (χ0) is 12.6. The molecule has 0 aromatic heterocycles. The Balaban J connectivity index is 3.94. The van der Waals surface area contributed by atoms with Crippen molar-refractivity contribution in [3.63, 3.8) is 0 Å². The highest BCUT2D eigenvalue weighted by atomic mass is 14.2. The zero-order valence-electron chi connectivity index (χ0n) is 12.6. The number of hydrogen-bond donors (Lipinski definition) is 0. The molecule has 0 amide bonds. The Labute approximate surface area is 104 Å². The van der Waals surface area contributed by atoms with Gasteiger partial charge in [-0.2, -0.15) is 0 Å². The summed E-state index contributed by atoms with van der Waals surface area (Å²) in [6, 6.07) is 0. The summed E-state index contributed by atoms with van der Waals surface area (Å²) in [6.07, 6.45) is 8.51. The van der Waals surface area contributed by atoms with E-state index >= 15 is 0 Å². The minimum absolute atomic E-state index is 0.861. The van der Waals surface area contributed by atoms with Crippen molar-refractivity contribution >= 4 is 0 Å². The summed E-state index contributed by atoms with van der Waals surface area (Å²) in [5.74, 6) is 3.64. The summed E-state index contributed by atoms with van der Waals surface area (Å²) < 4.78 is 0. The minimum Gasteiger partial charge on any atom is -0.0654 e. The average molecular weight is 226 g/mol. The van der Waals surface area contributed by atoms with Crippen LogP contribution in [0.3, 0.4) is 0 Å². The highest BCUT2D eigenvalue weighted by Gasteiger charge is 2.17. The molecule has 0 heterocycles. The second-order valence-corrected chi connectivity index (χ2v) is 6.48. The zero-order valence-corrected chi connectivity index (χ0v) is 12.6. The normalized spacial score (nSPS) is 15.8. The first-order chi connectivity index (χ1) is 7.47. The summed E-state index contributed by atoms with van der Waals surface area (Å²) in [4.78, 5) is 0. The van der Waals surface area contributed by atoms with Crippen molar-refractivity contribution in [1.82, 2.24) is 0 Å². The van der Waals surface area contributed by atoms with Crippen LogP contribution in [-0.4, -0.2) is 0 Å². The van der Waals surface area contributed by atoms with Gasteiger partial charge < -0.3 is 0 Å². The molecule has 0 saturated carbocycles. The van der Waals surface area contributed by atoms with Crippen LogP contribution in [0, 0.1) is 23.7 Å². The van der Waals surface area contributed by atoms with Gasteiger partial charge in [-0.1, -0.05) is 73.6 Å². The van der Waals surface area contributed by atoms with Gasteiger partial charge in [-0.15, -0.1) is 0 Å². The third-order valence-corrected chi connectivity index (χ3v) is 3.66. The highest BCUT2D eigenvalue weighted by Crippen LogP contribution is 2.29. The van der Waals surface area contributed by atoms with Gasteiger partial charge in [0.15, 0.2) is 0 Å². The van der Waals surface area contributed by atoms with Crippen LogP contribution in [0.25, 0.3) is 0 Å². The smallest absolute Gasteiger partial charge is 0.0388 e. The van der Waals surface area contributed by atoms with Gasteiger partial charge in [0, 0.05) is 0 Å². The molecule has 0 aliphatic heterocycles. The van der Waals surface area contributed by atoms with Gasteiger partial charge in [0.1, 0.15) is 0 Å². The molecule has 0 aromatic carbocycles. The van der Waals surface area contributed by atoms with E-state index in [0.717, 1.165) is 23.7 Å². The molecule has 0 aromatic rings. The van der Waals surface area contributed by atoms with Crippen LogP contribution >= 0.6 is 0 Å². The number of rotatable bonds is 9. The second-order valence-electron chi connectivity index (χ2n) is 6.48. The van der Waals surface area contributed by atoms with Gasteiger partial charge in [-0.05, 0) is 30.1 Å². The molecular weight excluding hydrogens is 192 g/mol. The van der Waals surface area contributed by atoms with Crippen molar-refractivity contribution in [3.8, 4) is 0 Å². The lowest BCUT2D eigenvalue weighted by atomic mass is 9.81. The van der Waals surface area contributed by atoms with Gasteiger partial charge in [0.25, 0.3) is 0 Å². The summed E-state index contributed by atoms with van der Waals surface area (Å²) in [5.41, 5.74) is 0. The third kappa shape index (κ3) is 8.19. The van der Waals surface area contributed by atoms with E-state index < -0.39 is 0 Å². The van der Waals surface area contributed by atoms with E-state index in [1.54, 1.807) is 0 Å². The molecule has 0 aliphatic rings. The lowest BCUT2D eigenvalue weighted by molar-refractivity contribution is 0.261. The maximum atomic E-state index is 2.47. The Morgan fingerprint density at radius 3 is 1.81 bits per heavy atom. The molecule has 0 radical (unpaired) electrons. The Kier molecular flexibility index (Phi) is 9.07. The molecule has 0 saturated heterocycles. The number of hydrogen-bond acceptors (Lipinski definition) is 0. The maximum Gasteiger partial charge on any atom is -0.0388 e. The van der Waals surface area contributed by atoms with E-state index in [-0.39, 0.29) is 0 Å². The largest absolute Gasteiger partial charge is 0.0654 e. The summed E-state index contributed by atoms with van der Waals surface area (Å²) in [6.45, 7) is 14.2. The molecule has 0 spiro atoms. The fourth-order valence-electron chi connectivity index (χ4n) is 2.81. The molecule has 0 N–H and O–H groups in total. The first-order valence-corrected chi connectivity index (χ1v) is 7.47. The van der Waals surface area contributed by atoms with Crippen LogP contribution in [-0.2, 0) is 0 Å². The van der Waals surface area contributed by atoms with Crippen LogP contribution in [0.15, 0.2) is 0 Å². The van der Waals surface area contributed by atoms with Crippen molar-refractivity contribution in [2.75, 3.05) is 0 Å². The van der Waals surface area contributed by atoms with Crippen molar-refractivity contribution in [3.05, 3.63) is 0 Å². The standard InChI is InChI=1S/C16H34/c1-7-9-16(11-8-10-13(2)3)15(6)12-14(4)5/h13-16H,7-12H2,1-6H3. The van der Waals surface area contributed by atoms with Crippen molar-refractivity contribution in [1.29, 1.82) is 0 Å². The van der Waals surface area contributed by atoms with E-state index in [1.165, 1.54) is 38.5 Å². The van der Waals surface area contributed by atoms with Crippen LogP contribution in [0.2, 0.25) is 0 Å². The molecular formula is C16H34. The average Bonchev–Trinajstić information content (AvgIpc) is 2.14. The Morgan fingerprint density at radius 2 is 1.38 bits per heavy atom. The first-order valence-electron chi connectivity index (χ1n) is 7.47. The van der Waals surface area contributed by atoms with Crippen molar-refractivity contribution in [2.45, 2.75) is 80.1 Å². The summed E-state index contributed by atoms with van der Waals surface area (Å²) in [5, 5.41) is 0. The third-order valence-electron chi connectivity index (χ3n) is 3.66. The molecule has 0 aliphatic carbocycles. The molecule has 16 heavy (non-hydrogen) atoms. The monoisotopic (exact) mass is 226 g/mol. The van der Waals surface area contributed by atoms with E-state index in [1.807, 2.05) is 0 Å². The van der Waals surface area contributed by atoms with E-state index in [0.29, 0.717) is 0 Å².